The van der Waals surface area contributed by atoms with Gasteiger partial charge in [-0.05, 0) is 38.4 Å². The maximum absolute atomic E-state index is 5.48. The standard InChI is InChI=1S/C14H20N4S/c1-12-4-6-14(7-5-12)19-10-9-18-11-13(16-17-18)3-2-8-15/h4-7,11H,2-3,8-10,15H2,1H3. The minimum Gasteiger partial charge on any atom is -0.330 e. The Hall–Kier alpha value is -1.33. The Morgan fingerprint density at radius 1 is 1.26 bits per heavy atom. The van der Waals surface area contributed by atoms with E-state index in [1.54, 1.807) is 0 Å². The van der Waals surface area contributed by atoms with Gasteiger partial charge in [0.2, 0.25) is 0 Å². The molecule has 0 aliphatic carbocycles. The lowest BCUT2D eigenvalue weighted by Crippen LogP contribution is -2.01. The van der Waals surface area contributed by atoms with Gasteiger partial charge >= 0.3 is 0 Å². The molecule has 0 radical (unpaired) electrons. The molecule has 102 valence electrons. The first-order valence-electron chi connectivity index (χ1n) is 6.56. The molecule has 0 amide bonds. The number of aryl methyl sites for hydroxylation is 3. The largest absolute Gasteiger partial charge is 0.330 e. The topological polar surface area (TPSA) is 56.7 Å². The highest BCUT2D eigenvalue weighted by Gasteiger charge is 2.00. The highest BCUT2D eigenvalue weighted by Crippen LogP contribution is 2.18. The molecule has 1 aromatic carbocycles. The molecule has 2 rings (SSSR count). The van der Waals surface area contributed by atoms with Crippen LogP contribution in [0, 0.1) is 6.92 Å². The third-order valence-electron chi connectivity index (χ3n) is 2.83. The van der Waals surface area contributed by atoms with Crippen LogP contribution < -0.4 is 5.73 Å². The van der Waals surface area contributed by atoms with Crippen LogP contribution in [0.2, 0.25) is 0 Å². The van der Waals surface area contributed by atoms with Crippen LogP contribution in [0.15, 0.2) is 35.4 Å². The molecule has 0 atom stereocenters. The second kappa shape index (κ2) is 7.31. The van der Waals surface area contributed by atoms with E-state index in [4.69, 9.17) is 5.73 Å². The molecule has 0 aliphatic rings. The predicted octanol–water partition coefficient (Wildman–Crippen LogP) is 2.27. The number of benzene rings is 1. The zero-order chi connectivity index (χ0) is 13.5. The number of hydrogen-bond donors (Lipinski definition) is 1. The zero-order valence-electron chi connectivity index (χ0n) is 11.2. The first kappa shape index (κ1) is 14.1. The Kier molecular flexibility index (Phi) is 5.42. The van der Waals surface area contributed by atoms with Crippen LogP contribution in [-0.4, -0.2) is 27.3 Å². The Morgan fingerprint density at radius 3 is 2.79 bits per heavy atom. The van der Waals surface area contributed by atoms with Crippen molar-refractivity contribution in [1.82, 2.24) is 15.0 Å². The summed E-state index contributed by atoms with van der Waals surface area (Å²) in [6.45, 7) is 3.69. The van der Waals surface area contributed by atoms with Crippen molar-refractivity contribution in [2.45, 2.75) is 31.2 Å². The third kappa shape index (κ3) is 4.69. The lowest BCUT2D eigenvalue weighted by Gasteiger charge is -2.02. The summed E-state index contributed by atoms with van der Waals surface area (Å²) in [4.78, 5) is 1.30. The maximum atomic E-state index is 5.48. The Balaban J connectivity index is 1.76. The minimum atomic E-state index is 0.704. The van der Waals surface area contributed by atoms with Gasteiger partial charge in [-0.25, -0.2) is 0 Å². The van der Waals surface area contributed by atoms with E-state index in [0.29, 0.717) is 6.54 Å². The van der Waals surface area contributed by atoms with E-state index in [0.717, 1.165) is 30.8 Å². The molecule has 0 bridgehead atoms. The lowest BCUT2D eigenvalue weighted by atomic mass is 10.2. The van der Waals surface area contributed by atoms with Crippen molar-refractivity contribution in [3.05, 3.63) is 41.7 Å². The Labute approximate surface area is 118 Å². The maximum Gasteiger partial charge on any atom is 0.0827 e. The fourth-order valence-electron chi connectivity index (χ4n) is 1.74. The summed E-state index contributed by atoms with van der Waals surface area (Å²) in [6.07, 6.45) is 3.91. The Morgan fingerprint density at radius 2 is 2.05 bits per heavy atom. The smallest absolute Gasteiger partial charge is 0.0827 e. The van der Waals surface area contributed by atoms with Gasteiger partial charge in [-0.15, -0.1) is 16.9 Å². The molecule has 5 heteroatoms. The van der Waals surface area contributed by atoms with Crippen LogP contribution in [0.3, 0.4) is 0 Å². The van der Waals surface area contributed by atoms with E-state index in [-0.39, 0.29) is 0 Å². The van der Waals surface area contributed by atoms with E-state index < -0.39 is 0 Å². The molecule has 2 aromatic rings. The van der Waals surface area contributed by atoms with Gasteiger partial charge in [-0.1, -0.05) is 22.9 Å². The second-order valence-electron chi connectivity index (χ2n) is 4.53. The molecule has 0 saturated heterocycles. The summed E-state index contributed by atoms with van der Waals surface area (Å²) < 4.78 is 1.91. The molecular weight excluding hydrogens is 256 g/mol. The monoisotopic (exact) mass is 276 g/mol. The lowest BCUT2D eigenvalue weighted by molar-refractivity contribution is 0.632. The number of rotatable bonds is 7. The number of thioether (sulfide) groups is 1. The average molecular weight is 276 g/mol. The SMILES string of the molecule is Cc1ccc(SCCn2cc(CCCN)nn2)cc1. The molecule has 19 heavy (non-hydrogen) atoms. The van der Waals surface area contributed by atoms with Crippen molar-refractivity contribution in [2.75, 3.05) is 12.3 Å². The fourth-order valence-corrected chi connectivity index (χ4v) is 2.58. The molecule has 0 aliphatic heterocycles. The third-order valence-corrected chi connectivity index (χ3v) is 3.83. The summed E-state index contributed by atoms with van der Waals surface area (Å²) in [5, 5.41) is 8.27. The van der Waals surface area contributed by atoms with Crippen molar-refractivity contribution >= 4 is 11.8 Å². The van der Waals surface area contributed by atoms with E-state index in [1.807, 2.05) is 22.6 Å². The van der Waals surface area contributed by atoms with Crippen molar-refractivity contribution in [3.63, 3.8) is 0 Å². The van der Waals surface area contributed by atoms with Crippen LogP contribution >= 0.6 is 11.8 Å². The fraction of sp³-hybridized carbons (Fsp3) is 0.429. The highest BCUT2D eigenvalue weighted by molar-refractivity contribution is 7.99. The van der Waals surface area contributed by atoms with Crippen LogP contribution in [0.5, 0.6) is 0 Å². The molecule has 0 unspecified atom stereocenters. The van der Waals surface area contributed by atoms with E-state index in [2.05, 4.69) is 41.5 Å². The molecule has 0 saturated carbocycles. The van der Waals surface area contributed by atoms with E-state index in [1.165, 1.54) is 10.5 Å². The number of hydrogen-bond acceptors (Lipinski definition) is 4. The molecule has 0 fully saturated rings. The first-order chi connectivity index (χ1) is 9.28. The normalized spacial score (nSPS) is 10.8. The van der Waals surface area contributed by atoms with Crippen molar-refractivity contribution in [2.24, 2.45) is 5.73 Å². The quantitative estimate of drug-likeness (QED) is 0.788. The molecule has 0 spiro atoms. The van der Waals surface area contributed by atoms with Gasteiger partial charge < -0.3 is 5.73 Å². The van der Waals surface area contributed by atoms with Gasteiger partial charge in [0.25, 0.3) is 0 Å². The van der Waals surface area contributed by atoms with Crippen LogP contribution in [0.25, 0.3) is 0 Å². The first-order valence-corrected chi connectivity index (χ1v) is 7.55. The van der Waals surface area contributed by atoms with Gasteiger partial charge in [0, 0.05) is 16.8 Å². The number of nitrogens with zero attached hydrogens (tertiary/aromatic N) is 3. The zero-order valence-corrected chi connectivity index (χ0v) is 12.1. The van der Waals surface area contributed by atoms with Crippen molar-refractivity contribution in [1.29, 1.82) is 0 Å². The van der Waals surface area contributed by atoms with Gasteiger partial charge in [0.1, 0.15) is 0 Å². The molecule has 2 N–H and O–H groups in total. The summed E-state index contributed by atoms with van der Waals surface area (Å²) in [5.41, 5.74) is 7.81. The van der Waals surface area contributed by atoms with Crippen LogP contribution in [0.1, 0.15) is 17.7 Å². The minimum absolute atomic E-state index is 0.704. The molecule has 1 heterocycles. The van der Waals surface area contributed by atoms with Crippen molar-refractivity contribution < 1.29 is 0 Å². The molecule has 4 nitrogen and oxygen atoms in total. The number of aromatic nitrogens is 3. The Bertz CT molecular complexity index is 492. The summed E-state index contributed by atoms with van der Waals surface area (Å²) >= 11 is 1.84. The average Bonchev–Trinajstić information content (AvgIpc) is 2.87. The van der Waals surface area contributed by atoms with Gasteiger partial charge in [-0.3, -0.25) is 4.68 Å². The van der Waals surface area contributed by atoms with Gasteiger partial charge in [0.15, 0.2) is 0 Å². The van der Waals surface area contributed by atoms with Crippen LogP contribution in [0.4, 0.5) is 0 Å². The highest BCUT2D eigenvalue weighted by atomic mass is 32.2. The molecule has 1 aromatic heterocycles. The van der Waals surface area contributed by atoms with Gasteiger partial charge in [0.05, 0.1) is 12.2 Å². The van der Waals surface area contributed by atoms with Crippen molar-refractivity contribution in [3.8, 4) is 0 Å². The summed E-state index contributed by atoms with van der Waals surface area (Å²) in [7, 11) is 0. The summed E-state index contributed by atoms with van der Waals surface area (Å²) in [5.74, 6) is 1.00. The van der Waals surface area contributed by atoms with E-state index >= 15 is 0 Å². The summed E-state index contributed by atoms with van der Waals surface area (Å²) in [6, 6.07) is 8.60. The second-order valence-corrected chi connectivity index (χ2v) is 5.70. The number of nitrogens with two attached hydrogens (primary N) is 1. The predicted molar refractivity (Wildman–Crippen MR) is 79.3 cm³/mol. The molecular formula is C14H20N4S. The van der Waals surface area contributed by atoms with Crippen LogP contribution in [-0.2, 0) is 13.0 Å². The van der Waals surface area contributed by atoms with E-state index in [9.17, 15) is 0 Å². The van der Waals surface area contributed by atoms with Gasteiger partial charge in [-0.2, -0.15) is 0 Å².